The molecule has 8 heteroatoms. The fourth-order valence-electron chi connectivity index (χ4n) is 3.53. The first kappa shape index (κ1) is 19.8. The molecule has 0 saturated carbocycles. The van der Waals surface area contributed by atoms with Gasteiger partial charge in [-0.1, -0.05) is 12.1 Å². The summed E-state index contributed by atoms with van der Waals surface area (Å²) < 4.78 is 1.81. The molecular weight excluding hydrogens is 378 g/mol. The van der Waals surface area contributed by atoms with E-state index in [1.165, 1.54) is 0 Å². The number of nitriles is 1. The summed E-state index contributed by atoms with van der Waals surface area (Å²) in [6.45, 7) is 2.98. The molecule has 1 aliphatic heterocycles. The van der Waals surface area contributed by atoms with Gasteiger partial charge >= 0.3 is 0 Å². The Morgan fingerprint density at radius 3 is 3.00 bits per heavy atom. The summed E-state index contributed by atoms with van der Waals surface area (Å²) in [5.74, 6) is -0.0380. The van der Waals surface area contributed by atoms with Gasteiger partial charge in [-0.2, -0.15) is 10.4 Å². The van der Waals surface area contributed by atoms with Crippen LogP contribution in [0.3, 0.4) is 0 Å². The van der Waals surface area contributed by atoms with Gasteiger partial charge in [-0.05, 0) is 48.7 Å². The monoisotopic (exact) mass is 401 g/mol. The number of nitrogens with zero attached hydrogens (tertiary/aromatic N) is 4. The van der Waals surface area contributed by atoms with E-state index in [1.807, 2.05) is 60.4 Å². The molecule has 1 saturated heterocycles. The van der Waals surface area contributed by atoms with Gasteiger partial charge in [0, 0.05) is 36.7 Å². The standard InChI is InChI=1S/C22H23N7O/c1-15-11-16(4-5-17(15)13-23)19-6-9-29(28-19)10-8-25-22(30)21-12-20(26-27-21)18-3-2-7-24-14-18/h2-7,9,11,14,20-21,26-27H,8,10,12H2,1H3,(H,25,30). The summed E-state index contributed by atoms with van der Waals surface area (Å²) in [6.07, 6.45) is 6.11. The Morgan fingerprint density at radius 1 is 1.33 bits per heavy atom. The van der Waals surface area contributed by atoms with Crippen LogP contribution in [0.1, 0.15) is 29.2 Å². The van der Waals surface area contributed by atoms with Gasteiger partial charge in [0.25, 0.3) is 0 Å². The first-order valence-corrected chi connectivity index (χ1v) is 9.87. The lowest BCUT2D eigenvalue weighted by Crippen LogP contribution is -2.44. The molecule has 1 amide bonds. The second-order valence-corrected chi connectivity index (χ2v) is 7.31. The molecule has 4 rings (SSSR count). The van der Waals surface area contributed by atoms with Crippen LogP contribution in [0.2, 0.25) is 0 Å². The summed E-state index contributed by atoms with van der Waals surface area (Å²) in [5, 5.41) is 16.6. The number of carbonyl (C=O) groups excluding carboxylic acids is 1. The molecule has 1 aliphatic rings. The molecule has 0 radical (unpaired) electrons. The zero-order valence-electron chi connectivity index (χ0n) is 16.7. The molecular formula is C22H23N7O. The van der Waals surface area contributed by atoms with Crippen molar-refractivity contribution in [1.29, 1.82) is 5.26 Å². The molecule has 1 fully saturated rings. The first-order valence-electron chi connectivity index (χ1n) is 9.87. The van der Waals surface area contributed by atoms with Crippen LogP contribution >= 0.6 is 0 Å². The van der Waals surface area contributed by atoms with Gasteiger partial charge in [0.05, 0.1) is 23.9 Å². The van der Waals surface area contributed by atoms with Crippen molar-refractivity contribution in [2.75, 3.05) is 6.54 Å². The molecule has 0 aliphatic carbocycles. The van der Waals surface area contributed by atoms with Crippen molar-refractivity contribution in [3.05, 3.63) is 71.7 Å². The number of pyridine rings is 1. The second-order valence-electron chi connectivity index (χ2n) is 7.31. The van der Waals surface area contributed by atoms with E-state index in [4.69, 9.17) is 5.26 Å². The Bertz CT molecular complexity index is 1070. The minimum Gasteiger partial charge on any atom is -0.353 e. The van der Waals surface area contributed by atoms with Crippen LogP contribution in [0.15, 0.2) is 55.0 Å². The minimum absolute atomic E-state index is 0.0380. The number of aromatic nitrogens is 3. The van der Waals surface area contributed by atoms with Crippen molar-refractivity contribution in [3.8, 4) is 17.3 Å². The minimum atomic E-state index is -0.287. The van der Waals surface area contributed by atoms with Gasteiger partial charge in [-0.25, -0.2) is 10.9 Å². The maximum atomic E-state index is 12.5. The van der Waals surface area contributed by atoms with E-state index < -0.39 is 0 Å². The zero-order valence-corrected chi connectivity index (χ0v) is 16.7. The van der Waals surface area contributed by atoms with Gasteiger partial charge in [0.2, 0.25) is 5.91 Å². The average Bonchev–Trinajstić information content (AvgIpc) is 3.44. The number of hydrogen-bond donors (Lipinski definition) is 3. The van der Waals surface area contributed by atoms with E-state index in [0.29, 0.717) is 25.1 Å². The van der Waals surface area contributed by atoms with E-state index in [0.717, 1.165) is 22.4 Å². The highest BCUT2D eigenvalue weighted by Gasteiger charge is 2.29. The largest absolute Gasteiger partial charge is 0.353 e. The fourth-order valence-corrected chi connectivity index (χ4v) is 3.53. The van der Waals surface area contributed by atoms with Crippen molar-refractivity contribution < 1.29 is 4.79 Å². The molecule has 2 atom stereocenters. The van der Waals surface area contributed by atoms with Crippen molar-refractivity contribution in [2.45, 2.75) is 32.0 Å². The average molecular weight is 401 g/mol. The summed E-state index contributed by atoms with van der Waals surface area (Å²) in [4.78, 5) is 16.6. The zero-order chi connectivity index (χ0) is 20.9. The molecule has 3 N–H and O–H groups in total. The molecule has 2 aromatic heterocycles. The van der Waals surface area contributed by atoms with Crippen molar-refractivity contribution >= 4 is 5.91 Å². The van der Waals surface area contributed by atoms with E-state index in [9.17, 15) is 4.79 Å². The number of hydrazine groups is 1. The molecule has 1 aromatic carbocycles. The number of amides is 1. The van der Waals surface area contributed by atoms with E-state index >= 15 is 0 Å². The molecule has 0 spiro atoms. The molecule has 3 heterocycles. The van der Waals surface area contributed by atoms with Crippen LogP contribution in [-0.4, -0.2) is 33.3 Å². The van der Waals surface area contributed by atoms with E-state index in [2.05, 4.69) is 32.3 Å². The number of carbonyl (C=O) groups is 1. The quantitative estimate of drug-likeness (QED) is 0.582. The summed E-state index contributed by atoms with van der Waals surface area (Å²) in [6, 6.07) is 13.5. The Labute approximate surface area is 174 Å². The third-order valence-electron chi connectivity index (χ3n) is 5.23. The van der Waals surface area contributed by atoms with Crippen LogP contribution in [-0.2, 0) is 11.3 Å². The smallest absolute Gasteiger partial charge is 0.238 e. The van der Waals surface area contributed by atoms with Crippen LogP contribution in [0.5, 0.6) is 0 Å². The van der Waals surface area contributed by atoms with Gasteiger partial charge in [-0.15, -0.1) is 0 Å². The van der Waals surface area contributed by atoms with E-state index in [1.54, 1.807) is 6.20 Å². The third-order valence-corrected chi connectivity index (χ3v) is 5.23. The number of aryl methyl sites for hydroxylation is 1. The van der Waals surface area contributed by atoms with Gasteiger partial charge < -0.3 is 5.32 Å². The van der Waals surface area contributed by atoms with Gasteiger partial charge in [-0.3, -0.25) is 14.5 Å². The Balaban J connectivity index is 1.27. The highest BCUT2D eigenvalue weighted by molar-refractivity contribution is 5.82. The number of rotatable bonds is 6. The van der Waals surface area contributed by atoms with Crippen molar-refractivity contribution in [3.63, 3.8) is 0 Å². The van der Waals surface area contributed by atoms with Gasteiger partial charge in [0.15, 0.2) is 0 Å². The second kappa shape index (κ2) is 8.86. The van der Waals surface area contributed by atoms with Crippen LogP contribution in [0, 0.1) is 18.3 Å². The fraction of sp³-hybridized carbons (Fsp3) is 0.273. The molecule has 3 aromatic rings. The SMILES string of the molecule is Cc1cc(-c2ccn(CCNC(=O)C3CC(c4cccnc4)NN3)n2)ccc1C#N. The summed E-state index contributed by atoms with van der Waals surface area (Å²) in [7, 11) is 0. The lowest BCUT2D eigenvalue weighted by Gasteiger charge is -2.10. The normalized spacial score (nSPS) is 18.1. The maximum absolute atomic E-state index is 12.5. The summed E-state index contributed by atoms with van der Waals surface area (Å²) in [5.41, 5.74) is 10.7. The lowest BCUT2D eigenvalue weighted by atomic mass is 10.0. The van der Waals surface area contributed by atoms with Crippen molar-refractivity contribution in [1.82, 2.24) is 30.9 Å². The lowest BCUT2D eigenvalue weighted by molar-refractivity contribution is -0.122. The Kier molecular flexibility index (Phi) is 5.84. The Morgan fingerprint density at radius 2 is 2.23 bits per heavy atom. The summed E-state index contributed by atoms with van der Waals surface area (Å²) >= 11 is 0. The van der Waals surface area contributed by atoms with Crippen LogP contribution < -0.4 is 16.2 Å². The number of benzene rings is 1. The maximum Gasteiger partial charge on any atom is 0.238 e. The first-order chi connectivity index (χ1) is 14.6. The highest BCUT2D eigenvalue weighted by Crippen LogP contribution is 2.22. The molecule has 8 nitrogen and oxygen atoms in total. The Hall–Kier alpha value is -3.54. The third kappa shape index (κ3) is 4.38. The predicted octanol–water partition coefficient (Wildman–Crippen LogP) is 1.85. The predicted molar refractivity (Wildman–Crippen MR) is 112 cm³/mol. The molecule has 0 bridgehead atoms. The van der Waals surface area contributed by atoms with E-state index in [-0.39, 0.29) is 18.0 Å². The molecule has 30 heavy (non-hydrogen) atoms. The molecule has 2 unspecified atom stereocenters. The van der Waals surface area contributed by atoms with Crippen molar-refractivity contribution in [2.24, 2.45) is 0 Å². The highest BCUT2D eigenvalue weighted by atomic mass is 16.2. The topological polar surface area (TPSA) is 108 Å². The van der Waals surface area contributed by atoms with Gasteiger partial charge in [0.1, 0.15) is 6.04 Å². The molecule has 152 valence electrons. The van der Waals surface area contributed by atoms with Crippen LogP contribution in [0.25, 0.3) is 11.3 Å². The number of hydrogen-bond acceptors (Lipinski definition) is 6. The van der Waals surface area contributed by atoms with Crippen LogP contribution in [0.4, 0.5) is 0 Å². The number of nitrogens with one attached hydrogen (secondary N) is 3.